The Bertz CT molecular complexity index is 410. The lowest BCUT2D eigenvalue weighted by molar-refractivity contribution is -0.193. The highest BCUT2D eigenvalue weighted by Gasteiger charge is 2.42. The second kappa shape index (κ2) is 4.40. The van der Waals surface area contributed by atoms with E-state index in [2.05, 4.69) is 10.6 Å². The number of hydrogen-bond donors (Lipinski definition) is 2. The van der Waals surface area contributed by atoms with Crippen LogP contribution in [0.25, 0.3) is 0 Å². The first-order valence-corrected chi connectivity index (χ1v) is 4.21. The van der Waals surface area contributed by atoms with Crippen molar-refractivity contribution in [1.29, 1.82) is 0 Å². The van der Waals surface area contributed by atoms with E-state index in [1.54, 1.807) is 0 Å². The minimum atomic E-state index is -4.15. The third-order valence-corrected chi connectivity index (χ3v) is 1.78. The van der Waals surface area contributed by atoms with Crippen LogP contribution >= 0.6 is 0 Å². The van der Waals surface area contributed by atoms with Crippen molar-refractivity contribution >= 4 is 5.91 Å². The van der Waals surface area contributed by atoms with Gasteiger partial charge in [0, 0.05) is 6.07 Å². The summed E-state index contributed by atoms with van der Waals surface area (Å²) in [4.78, 5) is 10.6. The van der Waals surface area contributed by atoms with E-state index in [1.165, 1.54) is 18.4 Å². The number of aryl methyl sites for hydroxylation is 1. The fraction of sp³-hybridized carbons (Fsp3) is 0.222. The van der Waals surface area contributed by atoms with E-state index >= 15 is 0 Å². The van der Waals surface area contributed by atoms with E-state index in [1.807, 2.05) is 0 Å². The molecule has 0 saturated heterocycles. The lowest BCUT2D eigenvalue weighted by Crippen LogP contribution is -2.47. The maximum atomic E-state index is 13.0. The molecule has 0 spiro atoms. The van der Waals surface area contributed by atoms with Crippen molar-refractivity contribution in [3.05, 3.63) is 29.6 Å². The van der Waals surface area contributed by atoms with Gasteiger partial charge in [-0.25, -0.2) is 10.2 Å². The Labute approximate surface area is 89.2 Å². The molecule has 0 fully saturated rings. The molecule has 0 aliphatic heterocycles. The van der Waals surface area contributed by atoms with Crippen molar-refractivity contribution in [2.75, 3.05) is 0 Å². The van der Waals surface area contributed by atoms with Crippen LogP contribution < -0.4 is 16.0 Å². The highest BCUT2D eigenvalue weighted by atomic mass is 19.3. The minimum absolute atomic E-state index is 0.269. The van der Waals surface area contributed by atoms with Gasteiger partial charge in [-0.15, -0.1) is 0 Å². The maximum Gasteiger partial charge on any atom is 0.483 e. The number of carbonyl (C=O) groups excluding carboxylic acids is 1. The highest BCUT2D eigenvalue weighted by Crippen LogP contribution is 2.25. The Kier molecular flexibility index (Phi) is 3.38. The SMILES string of the molecule is Cc1ccc(F)cc1OC(F)(F)C(=O)NN. The number of hydrazine groups is 1. The Morgan fingerprint density at radius 2 is 2.12 bits per heavy atom. The van der Waals surface area contributed by atoms with Crippen molar-refractivity contribution in [3.8, 4) is 5.75 Å². The molecule has 3 N–H and O–H groups in total. The molecule has 0 aliphatic carbocycles. The van der Waals surface area contributed by atoms with Gasteiger partial charge in [-0.05, 0) is 18.6 Å². The Hall–Kier alpha value is -1.76. The van der Waals surface area contributed by atoms with E-state index in [0.717, 1.165) is 12.1 Å². The van der Waals surface area contributed by atoms with Gasteiger partial charge < -0.3 is 4.74 Å². The van der Waals surface area contributed by atoms with Crippen LogP contribution in [0.5, 0.6) is 5.75 Å². The molecule has 1 amide bonds. The molecule has 1 aromatic rings. The van der Waals surface area contributed by atoms with Crippen LogP contribution in [0, 0.1) is 12.7 Å². The molecule has 0 heterocycles. The van der Waals surface area contributed by atoms with E-state index in [0.29, 0.717) is 0 Å². The number of benzene rings is 1. The number of alkyl halides is 2. The molecule has 0 atom stereocenters. The van der Waals surface area contributed by atoms with Crippen LogP contribution in [0.15, 0.2) is 18.2 Å². The van der Waals surface area contributed by atoms with Gasteiger partial charge in [-0.1, -0.05) is 6.07 Å². The normalized spacial score (nSPS) is 11.1. The number of carbonyl (C=O) groups is 1. The van der Waals surface area contributed by atoms with Crippen LogP contribution in [-0.4, -0.2) is 12.0 Å². The lowest BCUT2D eigenvalue weighted by Gasteiger charge is -2.17. The second-order valence-corrected chi connectivity index (χ2v) is 3.00. The Morgan fingerprint density at radius 3 is 2.69 bits per heavy atom. The predicted octanol–water partition coefficient (Wildman–Crippen LogP) is 1.10. The minimum Gasteiger partial charge on any atom is -0.425 e. The summed E-state index contributed by atoms with van der Waals surface area (Å²) >= 11 is 0. The van der Waals surface area contributed by atoms with Crippen molar-refractivity contribution in [2.45, 2.75) is 13.0 Å². The van der Waals surface area contributed by atoms with E-state index in [-0.39, 0.29) is 5.56 Å². The summed E-state index contributed by atoms with van der Waals surface area (Å²) in [7, 11) is 0. The molecule has 0 aliphatic rings. The molecule has 88 valence electrons. The molecule has 16 heavy (non-hydrogen) atoms. The third-order valence-electron chi connectivity index (χ3n) is 1.78. The first-order valence-electron chi connectivity index (χ1n) is 4.21. The zero-order valence-corrected chi connectivity index (χ0v) is 8.26. The number of nitrogens with one attached hydrogen (secondary N) is 1. The van der Waals surface area contributed by atoms with Crippen LogP contribution in [0.4, 0.5) is 13.2 Å². The van der Waals surface area contributed by atoms with Gasteiger partial charge in [0.15, 0.2) is 0 Å². The summed E-state index contributed by atoms with van der Waals surface area (Å²) in [5.74, 6) is 1.57. The van der Waals surface area contributed by atoms with Gasteiger partial charge in [0.05, 0.1) is 0 Å². The predicted molar refractivity (Wildman–Crippen MR) is 49.0 cm³/mol. The first-order chi connectivity index (χ1) is 7.36. The van der Waals surface area contributed by atoms with Gasteiger partial charge >= 0.3 is 12.0 Å². The van der Waals surface area contributed by atoms with Crippen LogP contribution in [0.3, 0.4) is 0 Å². The topological polar surface area (TPSA) is 64.3 Å². The second-order valence-electron chi connectivity index (χ2n) is 3.00. The van der Waals surface area contributed by atoms with E-state index in [9.17, 15) is 18.0 Å². The van der Waals surface area contributed by atoms with Crippen LogP contribution in [-0.2, 0) is 4.79 Å². The summed E-state index contributed by atoms with van der Waals surface area (Å²) in [5.41, 5.74) is 1.52. The van der Waals surface area contributed by atoms with Crippen molar-refractivity contribution in [2.24, 2.45) is 5.84 Å². The summed E-state index contributed by atoms with van der Waals surface area (Å²) in [6.07, 6.45) is -4.15. The highest BCUT2D eigenvalue weighted by molar-refractivity contribution is 5.81. The van der Waals surface area contributed by atoms with Crippen molar-refractivity contribution in [1.82, 2.24) is 5.43 Å². The maximum absolute atomic E-state index is 13.0. The van der Waals surface area contributed by atoms with Crippen molar-refractivity contribution in [3.63, 3.8) is 0 Å². The zero-order valence-electron chi connectivity index (χ0n) is 8.26. The summed E-state index contributed by atoms with van der Waals surface area (Å²) in [6, 6.07) is 3.09. The average molecular weight is 234 g/mol. The van der Waals surface area contributed by atoms with Crippen molar-refractivity contribution < 1.29 is 22.7 Å². The molecule has 0 aromatic heterocycles. The Balaban J connectivity index is 2.95. The number of nitrogens with two attached hydrogens (primary N) is 1. The molecule has 4 nitrogen and oxygen atoms in total. The summed E-state index contributed by atoms with van der Waals surface area (Å²) < 4.78 is 42.8. The molecule has 1 aromatic carbocycles. The molecule has 7 heteroatoms. The van der Waals surface area contributed by atoms with E-state index in [4.69, 9.17) is 0 Å². The zero-order chi connectivity index (χ0) is 12.3. The van der Waals surface area contributed by atoms with Crippen LogP contribution in [0.1, 0.15) is 5.56 Å². The van der Waals surface area contributed by atoms with Crippen LogP contribution in [0.2, 0.25) is 0 Å². The van der Waals surface area contributed by atoms with Gasteiger partial charge in [0.2, 0.25) is 0 Å². The molecular weight excluding hydrogens is 225 g/mol. The lowest BCUT2D eigenvalue weighted by atomic mass is 10.2. The molecule has 0 bridgehead atoms. The molecule has 0 radical (unpaired) electrons. The molecular formula is C9H9F3N2O2. The monoisotopic (exact) mass is 234 g/mol. The fourth-order valence-corrected chi connectivity index (χ4v) is 0.952. The van der Waals surface area contributed by atoms with Gasteiger partial charge in [0.25, 0.3) is 0 Å². The van der Waals surface area contributed by atoms with Gasteiger partial charge in [-0.3, -0.25) is 10.2 Å². The molecule has 1 rings (SSSR count). The first kappa shape index (κ1) is 12.3. The molecule has 0 saturated carbocycles. The average Bonchev–Trinajstić information content (AvgIpc) is 2.22. The smallest absolute Gasteiger partial charge is 0.425 e. The molecule has 0 unspecified atom stereocenters. The number of rotatable bonds is 3. The number of hydrogen-bond acceptors (Lipinski definition) is 3. The number of halogens is 3. The summed E-state index contributed by atoms with van der Waals surface area (Å²) in [6.45, 7) is 1.44. The Morgan fingerprint density at radius 1 is 1.50 bits per heavy atom. The fourth-order valence-electron chi connectivity index (χ4n) is 0.952. The quantitative estimate of drug-likeness (QED) is 0.467. The largest absolute Gasteiger partial charge is 0.483 e. The van der Waals surface area contributed by atoms with Gasteiger partial charge in [-0.2, -0.15) is 8.78 Å². The third kappa shape index (κ3) is 2.63. The van der Waals surface area contributed by atoms with Gasteiger partial charge in [0.1, 0.15) is 11.6 Å². The number of ether oxygens (including phenoxy) is 1. The van der Waals surface area contributed by atoms with E-state index < -0.39 is 23.6 Å². The summed E-state index contributed by atoms with van der Waals surface area (Å²) in [5, 5.41) is 0. The number of amides is 1. The standard InChI is InChI=1S/C9H9F3N2O2/c1-5-2-3-6(10)4-7(5)16-9(11,12)8(15)14-13/h2-4H,13H2,1H3,(H,14,15).